The fourth-order valence-corrected chi connectivity index (χ4v) is 9.00. The van der Waals surface area contributed by atoms with Crippen molar-refractivity contribution in [2.75, 3.05) is 0 Å². The highest BCUT2D eigenvalue weighted by Gasteiger charge is 2.22. The lowest BCUT2D eigenvalue weighted by molar-refractivity contribution is 0.671. The third-order valence-corrected chi connectivity index (χ3v) is 11.5. The topological polar surface area (TPSA) is 23.0 Å². The largest absolute Gasteiger partial charge is 0.454 e. The van der Waals surface area contributed by atoms with Crippen molar-refractivity contribution in [3.63, 3.8) is 0 Å². The molecule has 0 amide bonds. The molecule has 12 aromatic rings. The molecule has 12 rings (SSSR count). The predicted octanol–water partition coefficient (Wildman–Crippen LogP) is 14.3. The quantitative estimate of drug-likeness (QED) is 0.179. The molecule has 3 nitrogen and oxygen atoms in total. The van der Waals surface area contributed by atoms with Gasteiger partial charge in [-0.25, -0.2) is 0 Å². The van der Waals surface area contributed by atoms with E-state index in [0.717, 1.165) is 44.3 Å². The predicted molar refractivity (Wildman–Crippen MR) is 231 cm³/mol. The SMILES string of the molecule is c1ccc(-c2cc(-c3ccc(-n4c5ccccc5c5cc6c7ccc8c9ccccc9oc8c7n(-c7ccccc7)c6cc54)cc3)cc3ccccc23)cc1. The van der Waals surface area contributed by atoms with E-state index in [4.69, 9.17) is 4.42 Å². The maximum atomic E-state index is 6.68. The first kappa shape index (κ1) is 30.1. The summed E-state index contributed by atoms with van der Waals surface area (Å²) in [5.41, 5.74) is 13.5. The first-order chi connectivity index (χ1) is 27.3. The van der Waals surface area contributed by atoms with Crippen LogP contribution in [0.1, 0.15) is 0 Å². The van der Waals surface area contributed by atoms with Gasteiger partial charge >= 0.3 is 0 Å². The highest BCUT2D eigenvalue weighted by molar-refractivity contribution is 6.24. The zero-order chi connectivity index (χ0) is 36.0. The molecule has 0 spiro atoms. The first-order valence-electron chi connectivity index (χ1n) is 18.8. The molecule has 0 N–H and O–H groups in total. The van der Waals surface area contributed by atoms with E-state index in [0.29, 0.717) is 0 Å². The standard InChI is InChI=1S/C52H32N2O/c1-3-13-34(14-4-1)44-30-36(29-35-15-7-8-18-39(35)44)33-23-25-38(26-24-33)53-47-21-11-9-19-40(47)45-31-46-42-27-28-43-41-20-10-12-22-50(41)55-52(43)51(42)54(49(46)32-48(45)53)37-16-5-2-6-17-37/h1-32H. The van der Waals surface area contributed by atoms with Gasteiger partial charge in [-0.1, -0.05) is 127 Å². The van der Waals surface area contributed by atoms with Crippen molar-refractivity contribution in [1.29, 1.82) is 0 Å². The summed E-state index contributed by atoms with van der Waals surface area (Å²) in [5, 5.41) is 9.61. The van der Waals surface area contributed by atoms with Crippen LogP contribution in [-0.4, -0.2) is 9.13 Å². The molecule has 3 aromatic heterocycles. The van der Waals surface area contributed by atoms with Crippen LogP contribution < -0.4 is 0 Å². The van der Waals surface area contributed by atoms with E-state index in [1.165, 1.54) is 65.6 Å². The Morgan fingerprint density at radius 2 is 0.964 bits per heavy atom. The molecule has 9 aromatic carbocycles. The third kappa shape index (κ3) is 4.44. The summed E-state index contributed by atoms with van der Waals surface area (Å²) in [6, 6.07) is 70.2. The summed E-state index contributed by atoms with van der Waals surface area (Å²) < 4.78 is 11.5. The van der Waals surface area contributed by atoms with E-state index in [1.807, 2.05) is 6.07 Å². The van der Waals surface area contributed by atoms with Gasteiger partial charge in [0.2, 0.25) is 0 Å². The maximum absolute atomic E-state index is 6.68. The van der Waals surface area contributed by atoms with Gasteiger partial charge in [-0.3, -0.25) is 0 Å². The summed E-state index contributed by atoms with van der Waals surface area (Å²) >= 11 is 0. The highest BCUT2D eigenvalue weighted by atomic mass is 16.3. The molecule has 0 radical (unpaired) electrons. The van der Waals surface area contributed by atoms with Crippen molar-refractivity contribution >= 4 is 76.3 Å². The number of rotatable bonds is 4. The van der Waals surface area contributed by atoms with Gasteiger partial charge in [-0.05, 0) is 99.8 Å². The number of nitrogens with zero attached hydrogens (tertiary/aromatic N) is 2. The van der Waals surface area contributed by atoms with Crippen molar-refractivity contribution in [1.82, 2.24) is 9.13 Å². The molecular formula is C52H32N2O. The molecule has 0 saturated heterocycles. The Labute approximate surface area is 316 Å². The molecular weight excluding hydrogens is 669 g/mol. The zero-order valence-electron chi connectivity index (χ0n) is 29.8. The van der Waals surface area contributed by atoms with Gasteiger partial charge in [-0.2, -0.15) is 0 Å². The molecule has 0 unspecified atom stereocenters. The van der Waals surface area contributed by atoms with Crippen molar-refractivity contribution < 1.29 is 4.42 Å². The van der Waals surface area contributed by atoms with E-state index in [9.17, 15) is 0 Å². The van der Waals surface area contributed by atoms with E-state index >= 15 is 0 Å². The van der Waals surface area contributed by atoms with Crippen LogP contribution in [0.3, 0.4) is 0 Å². The van der Waals surface area contributed by atoms with Crippen LogP contribution in [0.4, 0.5) is 0 Å². The zero-order valence-corrected chi connectivity index (χ0v) is 29.8. The minimum absolute atomic E-state index is 0.904. The van der Waals surface area contributed by atoms with Crippen molar-refractivity contribution in [3.8, 4) is 33.6 Å². The number of benzene rings is 9. The summed E-state index contributed by atoms with van der Waals surface area (Å²) in [4.78, 5) is 0. The van der Waals surface area contributed by atoms with Crippen LogP contribution in [0, 0.1) is 0 Å². The van der Waals surface area contributed by atoms with Crippen molar-refractivity contribution in [2.45, 2.75) is 0 Å². The van der Waals surface area contributed by atoms with Gasteiger partial charge in [0.25, 0.3) is 0 Å². The van der Waals surface area contributed by atoms with E-state index in [2.05, 4.69) is 197 Å². The average Bonchev–Trinajstić information content (AvgIpc) is 3.90. The lowest BCUT2D eigenvalue weighted by Crippen LogP contribution is -1.96. The molecule has 256 valence electrons. The summed E-state index contributed by atoms with van der Waals surface area (Å²) in [6.45, 7) is 0. The number of furan rings is 1. The smallest absolute Gasteiger partial charge is 0.160 e. The Hall–Kier alpha value is -7.36. The molecule has 0 bridgehead atoms. The number of hydrogen-bond acceptors (Lipinski definition) is 1. The molecule has 0 aliphatic carbocycles. The minimum atomic E-state index is 0.904. The Kier molecular flexibility index (Phi) is 6.34. The lowest BCUT2D eigenvalue weighted by Gasteiger charge is -2.13. The van der Waals surface area contributed by atoms with E-state index in [1.54, 1.807) is 0 Å². The normalized spacial score (nSPS) is 12.0. The van der Waals surface area contributed by atoms with Crippen LogP contribution >= 0.6 is 0 Å². The molecule has 3 heteroatoms. The summed E-state index contributed by atoms with van der Waals surface area (Å²) in [7, 11) is 0. The highest BCUT2D eigenvalue weighted by Crippen LogP contribution is 2.44. The number of hydrogen-bond donors (Lipinski definition) is 0. The van der Waals surface area contributed by atoms with Crippen LogP contribution in [0.25, 0.3) is 110 Å². The van der Waals surface area contributed by atoms with Gasteiger partial charge in [-0.15, -0.1) is 0 Å². The second kappa shape index (κ2) is 11.6. The Bertz CT molecular complexity index is 3460. The Morgan fingerprint density at radius 3 is 1.80 bits per heavy atom. The van der Waals surface area contributed by atoms with Crippen LogP contribution in [0.15, 0.2) is 199 Å². The first-order valence-corrected chi connectivity index (χ1v) is 18.8. The molecule has 0 saturated carbocycles. The van der Waals surface area contributed by atoms with E-state index in [-0.39, 0.29) is 0 Å². The molecule has 0 aliphatic rings. The minimum Gasteiger partial charge on any atom is -0.454 e. The van der Waals surface area contributed by atoms with Gasteiger partial charge < -0.3 is 13.6 Å². The van der Waals surface area contributed by atoms with Gasteiger partial charge in [0, 0.05) is 43.7 Å². The maximum Gasteiger partial charge on any atom is 0.160 e. The third-order valence-electron chi connectivity index (χ3n) is 11.5. The number of para-hydroxylation sites is 3. The molecule has 55 heavy (non-hydrogen) atoms. The van der Waals surface area contributed by atoms with Crippen LogP contribution in [0.5, 0.6) is 0 Å². The van der Waals surface area contributed by atoms with Gasteiger partial charge in [0.1, 0.15) is 5.58 Å². The van der Waals surface area contributed by atoms with Crippen molar-refractivity contribution in [3.05, 3.63) is 194 Å². The van der Waals surface area contributed by atoms with Crippen LogP contribution in [-0.2, 0) is 0 Å². The fourth-order valence-electron chi connectivity index (χ4n) is 9.00. The second-order valence-corrected chi connectivity index (χ2v) is 14.5. The summed E-state index contributed by atoms with van der Waals surface area (Å²) in [5.74, 6) is 0. The monoisotopic (exact) mass is 700 g/mol. The molecule has 3 heterocycles. The van der Waals surface area contributed by atoms with Crippen molar-refractivity contribution in [2.24, 2.45) is 0 Å². The van der Waals surface area contributed by atoms with Gasteiger partial charge in [0.05, 0.1) is 22.1 Å². The molecule has 0 aliphatic heterocycles. The van der Waals surface area contributed by atoms with E-state index < -0.39 is 0 Å². The second-order valence-electron chi connectivity index (χ2n) is 14.5. The Balaban J connectivity index is 1.10. The number of fused-ring (bicyclic) bond motifs is 11. The molecule has 0 atom stereocenters. The number of aromatic nitrogens is 2. The lowest BCUT2D eigenvalue weighted by atomic mass is 9.93. The van der Waals surface area contributed by atoms with Crippen LogP contribution in [0.2, 0.25) is 0 Å². The summed E-state index contributed by atoms with van der Waals surface area (Å²) in [6.07, 6.45) is 0. The average molecular weight is 701 g/mol. The molecule has 0 fully saturated rings. The van der Waals surface area contributed by atoms with Gasteiger partial charge in [0.15, 0.2) is 5.58 Å². The Morgan fingerprint density at radius 1 is 0.327 bits per heavy atom. The fraction of sp³-hybridized carbons (Fsp3) is 0.